The van der Waals surface area contributed by atoms with Crippen molar-refractivity contribution in [3.8, 4) is 0 Å². The molecule has 3 aromatic rings. The summed E-state index contributed by atoms with van der Waals surface area (Å²) in [5, 5.41) is 22.4. The SMILES string of the molecule is Cc1nnc(SCC(=O)Nc2ccc([N+](=O)[O-])cc2Br)n1Cc1ccccc1. The van der Waals surface area contributed by atoms with Crippen molar-refractivity contribution >= 4 is 45.0 Å². The number of rotatable bonds is 7. The maximum absolute atomic E-state index is 12.3. The number of carbonyl (C=O) groups excluding carboxylic acids is 1. The fraction of sp³-hybridized carbons (Fsp3) is 0.167. The number of hydrogen-bond donors (Lipinski definition) is 1. The molecule has 28 heavy (non-hydrogen) atoms. The van der Waals surface area contributed by atoms with Crippen molar-refractivity contribution in [1.82, 2.24) is 14.8 Å². The standard InChI is InChI=1S/C18H16BrN5O3S/c1-12-21-22-18(23(12)10-13-5-3-2-4-6-13)28-11-17(25)20-16-8-7-14(24(26)27)9-15(16)19/h2-9H,10-11H2,1H3,(H,20,25). The Morgan fingerprint density at radius 1 is 1.25 bits per heavy atom. The zero-order chi connectivity index (χ0) is 20.1. The molecule has 8 nitrogen and oxygen atoms in total. The second kappa shape index (κ2) is 8.98. The number of non-ortho nitro benzene ring substituents is 1. The van der Waals surface area contributed by atoms with Crippen molar-refractivity contribution in [2.75, 3.05) is 11.1 Å². The van der Waals surface area contributed by atoms with Crippen molar-refractivity contribution in [3.05, 3.63) is 74.5 Å². The van der Waals surface area contributed by atoms with Gasteiger partial charge in [-0.15, -0.1) is 10.2 Å². The third kappa shape index (κ3) is 4.96. The Hall–Kier alpha value is -2.72. The van der Waals surface area contributed by atoms with Crippen LogP contribution >= 0.6 is 27.7 Å². The Kier molecular flexibility index (Phi) is 6.42. The van der Waals surface area contributed by atoms with Gasteiger partial charge in [0.2, 0.25) is 5.91 Å². The van der Waals surface area contributed by atoms with E-state index in [2.05, 4.69) is 31.4 Å². The Morgan fingerprint density at radius 2 is 2.00 bits per heavy atom. The molecule has 0 fully saturated rings. The molecule has 1 heterocycles. The van der Waals surface area contributed by atoms with Gasteiger partial charge in [0.25, 0.3) is 5.69 Å². The average Bonchev–Trinajstić information content (AvgIpc) is 3.02. The van der Waals surface area contributed by atoms with Gasteiger partial charge in [-0.2, -0.15) is 0 Å². The third-order valence-corrected chi connectivity index (χ3v) is 5.48. The van der Waals surface area contributed by atoms with Crippen LogP contribution in [-0.4, -0.2) is 31.3 Å². The molecule has 0 spiro atoms. The summed E-state index contributed by atoms with van der Waals surface area (Å²) in [5.41, 5.74) is 1.54. The molecule has 3 rings (SSSR count). The van der Waals surface area contributed by atoms with Gasteiger partial charge in [0.1, 0.15) is 5.82 Å². The summed E-state index contributed by atoms with van der Waals surface area (Å²) < 4.78 is 2.40. The van der Waals surface area contributed by atoms with Crippen molar-refractivity contribution in [1.29, 1.82) is 0 Å². The Morgan fingerprint density at radius 3 is 2.68 bits per heavy atom. The predicted octanol–water partition coefficient (Wildman–Crippen LogP) is 4.04. The van der Waals surface area contributed by atoms with E-state index in [1.807, 2.05) is 41.8 Å². The monoisotopic (exact) mass is 461 g/mol. The van der Waals surface area contributed by atoms with Crippen LogP contribution in [0.5, 0.6) is 0 Å². The number of nitro benzene ring substituents is 1. The molecule has 0 aliphatic rings. The normalized spacial score (nSPS) is 10.6. The van der Waals surface area contributed by atoms with Crippen molar-refractivity contribution in [2.24, 2.45) is 0 Å². The molecule has 0 saturated carbocycles. The second-order valence-electron chi connectivity index (χ2n) is 5.86. The fourth-order valence-corrected chi connectivity index (χ4v) is 3.70. The summed E-state index contributed by atoms with van der Waals surface area (Å²) in [7, 11) is 0. The van der Waals surface area contributed by atoms with Gasteiger partial charge in [-0.3, -0.25) is 14.9 Å². The topological polar surface area (TPSA) is 103 Å². The maximum Gasteiger partial charge on any atom is 0.270 e. The van der Waals surface area contributed by atoms with Crippen molar-refractivity contribution < 1.29 is 9.72 Å². The average molecular weight is 462 g/mol. The lowest BCUT2D eigenvalue weighted by atomic mass is 10.2. The maximum atomic E-state index is 12.3. The number of nitro groups is 1. The molecule has 0 atom stereocenters. The highest BCUT2D eigenvalue weighted by Gasteiger charge is 2.14. The summed E-state index contributed by atoms with van der Waals surface area (Å²) in [4.78, 5) is 22.6. The molecular weight excluding hydrogens is 446 g/mol. The van der Waals surface area contributed by atoms with Crippen LogP contribution in [0.15, 0.2) is 58.2 Å². The lowest BCUT2D eigenvalue weighted by molar-refractivity contribution is -0.384. The van der Waals surface area contributed by atoms with E-state index in [-0.39, 0.29) is 17.3 Å². The van der Waals surface area contributed by atoms with Gasteiger partial charge in [-0.1, -0.05) is 42.1 Å². The van der Waals surface area contributed by atoms with Gasteiger partial charge in [0, 0.05) is 16.6 Å². The first kappa shape index (κ1) is 20.0. The first-order chi connectivity index (χ1) is 13.4. The van der Waals surface area contributed by atoms with Crippen LogP contribution in [0.25, 0.3) is 0 Å². The number of benzene rings is 2. The van der Waals surface area contributed by atoms with Crippen molar-refractivity contribution in [2.45, 2.75) is 18.6 Å². The highest BCUT2D eigenvalue weighted by Crippen LogP contribution is 2.27. The lowest BCUT2D eigenvalue weighted by Gasteiger charge is -2.09. The highest BCUT2D eigenvalue weighted by atomic mass is 79.9. The number of amides is 1. The van der Waals surface area contributed by atoms with E-state index in [9.17, 15) is 14.9 Å². The van der Waals surface area contributed by atoms with Crippen LogP contribution in [0.2, 0.25) is 0 Å². The van der Waals surface area contributed by atoms with Crippen LogP contribution in [0.4, 0.5) is 11.4 Å². The summed E-state index contributed by atoms with van der Waals surface area (Å²) in [5.74, 6) is 0.660. The number of aryl methyl sites for hydroxylation is 1. The minimum atomic E-state index is -0.492. The van der Waals surface area contributed by atoms with Crippen molar-refractivity contribution in [3.63, 3.8) is 0 Å². The molecule has 0 aliphatic carbocycles. The Bertz CT molecular complexity index is 1010. The molecular formula is C18H16BrN5O3S. The Labute approximate surface area is 173 Å². The molecule has 144 valence electrons. The van der Waals surface area contributed by atoms with Crippen LogP contribution < -0.4 is 5.32 Å². The number of thioether (sulfide) groups is 1. The van der Waals surface area contributed by atoms with E-state index < -0.39 is 4.92 Å². The van der Waals surface area contributed by atoms with Crippen LogP contribution in [-0.2, 0) is 11.3 Å². The Balaban J connectivity index is 1.63. The minimum Gasteiger partial charge on any atom is -0.324 e. The number of carbonyl (C=O) groups is 1. The zero-order valence-electron chi connectivity index (χ0n) is 14.8. The van der Waals surface area contributed by atoms with Gasteiger partial charge in [-0.05, 0) is 34.5 Å². The molecule has 0 saturated heterocycles. The fourth-order valence-electron chi connectivity index (χ4n) is 2.45. The lowest BCUT2D eigenvalue weighted by Crippen LogP contribution is -2.15. The molecule has 2 aromatic carbocycles. The van der Waals surface area contributed by atoms with Gasteiger partial charge >= 0.3 is 0 Å². The number of nitrogens with zero attached hydrogens (tertiary/aromatic N) is 4. The van der Waals surface area contributed by atoms with Gasteiger partial charge in [0.05, 0.1) is 22.9 Å². The first-order valence-electron chi connectivity index (χ1n) is 8.24. The number of hydrogen-bond acceptors (Lipinski definition) is 6. The van der Waals surface area contributed by atoms with Crippen LogP contribution in [0, 0.1) is 17.0 Å². The summed E-state index contributed by atoms with van der Waals surface area (Å²) in [6, 6.07) is 14.1. The molecule has 1 N–H and O–H groups in total. The quantitative estimate of drug-likeness (QED) is 0.323. The number of halogens is 1. The summed E-state index contributed by atoms with van der Waals surface area (Å²) >= 11 is 4.52. The van der Waals surface area contributed by atoms with E-state index in [4.69, 9.17) is 0 Å². The summed E-state index contributed by atoms with van der Waals surface area (Å²) in [6.07, 6.45) is 0. The van der Waals surface area contributed by atoms with Gasteiger partial charge < -0.3 is 9.88 Å². The van der Waals surface area contributed by atoms with Crippen LogP contribution in [0.3, 0.4) is 0 Å². The van der Waals surface area contributed by atoms with E-state index in [0.717, 1.165) is 11.4 Å². The molecule has 0 bridgehead atoms. The number of aromatic nitrogens is 3. The van der Waals surface area contributed by atoms with E-state index >= 15 is 0 Å². The molecule has 0 unspecified atom stereocenters. The van der Waals surface area contributed by atoms with Gasteiger partial charge in [-0.25, -0.2) is 0 Å². The molecule has 0 radical (unpaired) electrons. The molecule has 0 aliphatic heterocycles. The van der Waals surface area contributed by atoms with E-state index in [0.29, 0.717) is 21.9 Å². The smallest absolute Gasteiger partial charge is 0.270 e. The second-order valence-corrected chi connectivity index (χ2v) is 7.66. The predicted molar refractivity (Wildman–Crippen MR) is 110 cm³/mol. The third-order valence-electron chi connectivity index (χ3n) is 3.86. The first-order valence-corrected chi connectivity index (χ1v) is 10.0. The van der Waals surface area contributed by atoms with Gasteiger partial charge in [0.15, 0.2) is 5.16 Å². The zero-order valence-corrected chi connectivity index (χ0v) is 17.2. The van der Waals surface area contributed by atoms with E-state index in [1.54, 1.807) is 0 Å². The largest absolute Gasteiger partial charge is 0.324 e. The summed E-state index contributed by atoms with van der Waals surface area (Å²) in [6.45, 7) is 2.49. The minimum absolute atomic E-state index is 0.0521. The highest BCUT2D eigenvalue weighted by molar-refractivity contribution is 9.10. The van der Waals surface area contributed by atoms with Crippen LogP contribution in [0.1, 0.15) is 11.4 Å². The number of nitrogens with one attached hydrogen (secondary N) is 1. The van der Waals surface area contributed by atoms with E-state index in [1.165, 1.54) is 30.0 Å². The molecule has 1 amide bonds. The number of anilines is 1. The molecule has 10 heteroatoms. The molecule has 1 aromatic heterocycles.